The maximum absolute atomic E-state index is 11.1. The predicted octanol–water partition coefficient (Wildman–Crippen LogP) is 1.49. The Labute approximate surface area is 88.4 Å². The van der Waals surface area contributed by atoms with Gasteiger partial charge in [0.05, 0.1) is 0 Å². The Morgan fingerprint density at radius 2 is 2.13 bits per heavy atom. The van der Waals surface area contributed by atoms with Gasteiger partial charge in [-0.05, 0) is 11.1 Å². The van der Waals surface area contributed by atoms with Crippen molar-refractivity contribution in [3.63, 3.8) is 0 Å². The number of carbonyl (C=O) groups excluding carboxylic acids is 1. The number of alkyl carbamates (subject to hydrolysis) is 1. The van der Waals surface area contributed by atoms with Crippen LogP contribution in [0.5, 0.6) is 0 Å². The van der Waals surface area contributed by atoms with Gasteiger partial charge < -0.3 is 15.8 Å². The van der Waals surface area contributed by atoms with E-state index in [1.807, 2.05) is 24.3 Å². The summed E-state index contributed by atoms with van der Waals surface area (Å²) in [6.07, 6.45) is 0.0345. The molecule has 1 aromatic carbocycles. The maximum Gasteiger partial charge on any atom is 0.407 e. The van der Waals surface area contributed by atoms with Gasteiger partial charge in [0.2, 0.25) is 0 Å². The SMILES string of the molecule is CNC(=O)OC1C[C@@H](N)c2ccccc21. The summed E-state index contributed by atoms with van der Waals surface area (Å²) in [6, 6.07) is 7.77. The molecule has 1 aliphatic carbocycles. The third-order valence-electron chi connectivity index (χ3n) is 2.66. The van der Waals surface area contributed by atoms with Crippen LogP contribution in [0.25, 0.3) is 0 Å². The predicted molar refractivity (Wildman–Crippen MR) is 56.3 cm³/mol. The Balaban J connectivity index is 2.21. The lowest BCUT2D eigenvalue weighted by Crippen LogP contribution is -2.21. The Hall–Kier alpha value is -1.55. The van der Waals surface area contributed by atoms with Gasteiger partial charge in [0.1, 0.15) is 6.10 Å². The molecule has 1 amide bonds. The summed E-state index contributed by atoms with van der Waals surface area (Å²) in [4.78, 5) is 11.1. The fourth-order valence-electron chi connectivity index (χ4n) is 1.93. The van der Waals surface area contributed by atoms with Crippen LogP contribution in [0.3, 0.4) is 0 Å². The highest BCUT2D eigenvalue weighted by atomic mass is 16.6. The molecule has 2 atom stereocenters. The summed E-state index contributed by atoms with van der Waals surface area (Å²) in [6.45, 7) is 0. The summed E-state index contributed by atoms with van der Waals surface area (Å²) in [5, 5.41) is 2.44. The summed E-state index contributed by atoms with van der Waals surface area (Å²) in [5.74, 6) is 0. The highest BCUT2D eigenvalue weighted by molar-refractivity contribution is 5.67. The third-order valence-corrected chi connectivity index (χ3v) is 2.66. The van der Waals surface area contributed by atoms with Gasteiger partial charge in [-0.2, -0.15) is 0 Å². The Morgan fingerprint density at radius 1 is 1.47 bits per heavy atom. The molecular formula is C11H14N2O2. The van der Waals surface area contributed by atoms with Crippen LogP contribution in [-0.2, 0) is 4.74 Å². The zero-order chi connectivity index (χ0) is 10.8. The average molecular weight is 206 g/mol. The molecule has 0 heterocycles. The van der Waals surface area contributed by atoms with Crippen molar-refractivity contribution in [1.82, 2.24) is 5.32 Å². The fraction of sp³-hybridized carbons (Fsp3) is 0.364. The zero-order valence-electron chi connectivity index (χ0n) is 8.57. The Morgan fingerprint density at radius 3 is 2.80 bits per heavy atom. The smallest absolute Gasteiger partial charge is 0.407 e. The van der Waals surface area contributed by atoms with E-state index in [0.717, 1.165) is 11.1 Å². The van der Waals surface area contributed by atoms with Crippen LogP contribution in [0.15, 0.2) is 24.3 Å². The third kappa shape index (κ3) is 1.80. The van der Waals surface area contributed by atoms with Crippen molar-refractivity contribution in [1.29, 1.82) is 0 Å². The summed E-state index contributed by atoms with van der Waals surface area (Å²) < 4.78 is 5.23. The second-order valence-electron chi connectivity index (χ2n) is 3.62. The zero-order valence-corrected chi connectivity index (χ0v) is 8.57. The maximum atomic E-state index is 11.1. The normalized spacial score (nSPS) is 23.3. The second-order valence-corrected chi connectivity index (χ2v) is 3.62. The number of amides is 1. The van der Waals surface area contributed by atoms with Crippen molar-refractivity contribution >= 4 is 6.09 Å². The van der Waals surface area contributed by atoms with E-state index in [1.54, 1.807) is 7.05 Å². The quantitative estimate of drug-likeness (QED) is 0.731. The number of ether oxygens (including phenoxy) is 1. The van der Waals surface area contributed by atoms with E-state index in [2.05, 4.69) is 5.32 Å². The molecule has 0 aliphatic heterocycles. The second kappa shape index (κ2) is 3.90. The first kappa shape index (κ1) is 9.98. The summed E-state index contributed by atoms with van der Waals surface area (Å²) >= 11 is 0. The summed E-state index contributed by atoms with van der Waals surface area (Å²) in [7, 11) is 1.54. The number of hydrogen-bond acceptors (Lipinski definition) is 3. The van der Waals surface area contributed by atoms with Crippen LogP contribution in [0, 0.1) is 0 Å². The minimum Gasteiger partial charge on any atom is -0.441 e. The van der Waals surface area contributed by atoms with E-state index in [-0.39, 0.29) is 12.1 Å². The number of nitrogens with two attached hydrogens (primary N) is 1. The van der Waals surface area contributed by atoms with Gasteiger partial charge in [-0.3, -0.25) is 0 Å². The first-order chi connectivity index (χ1) is 7.22. The van der Waals surface area contributed by atoms with E-state index < -0.39 is 6.09 Å². The van der Waals surface area contributed by atoms with Crippen molar-refractivity contribution in [3.8, 4) is 0 Å². The molecular weight excluding hydrogens is 192 g/mol. The first-order valence-corrected chi connectivity index (χ1v) is 4.95. The van der Waals surface area contributed by atoms with Crippen LogP contribution >= 0.6 is 0 Å². The van der Waals surface area contributed by atoms with E-state index in [0.29, 0.717) is 6.42 Å². The van der Waals surface area contributed by atoms with Crippen LogP contribution in [-0.4, -0.2) is 13.1 Å². The van der Waals surface area contributed by atoms with Crippen molar-refractivity contribution in [2.75, 3.05) is 7.05 Å². The molecule has 2 rings (SSSR count). The van der Waals surface area contributed by atoms with E-state index in [1.165, 1.54) is 0 Å². The average Bonchev–Trinajstić information content (AvgIpc) is 2.57. The van der Waals surface area contributed by atoms with E-state index in [4.69, 9.17) is 10.5 Å². The van der Waals surface area contributed by atoms with Crippen LogP contribution in [0.2, 0.25) is 0 Å². The van der Waals surface area contributed by atoms with Gasteiger partial charge in [0.15, 0.2) is 0 Å². The van der Waals surface area contributed by atoms with Crippen molar-refractivity contribution in [3.05, 3.63) is 35.4 Å². The minimum atomic E-state index is -0.413. The lowest BCUT2D eigenvalue weighted by Gasteiger charge is -2.12. The minimum absolute atomic E-state index is 0.0316. The van der Waals surface area contributed by atoms with Crippen molar-refractivity contribution in [2.45, 2.75) is 18.6 Å². The highest BCUT2D eigenvalue weighted by Crippen LogP contribution is 2.39. The molecule has 0 fully saturated rings. The van der Waals surface area contributed by atoms with Gasteiger partial charge in [-0.25, -0.2) is 4.79 Å². The van der Waals surface area contributed by atoms with Crippen LogP contribution < -0.4 is 11.1 Å². The first-order valence-electron chi connectivity index (χ1n) is 4.95. The molecule has 0 spiro atoms. The molecule has 0 saturated carbocycles. The monoisotopic (exact) mass is 206 g/mol. The molecule has 1 aliphatic rings. The molecule has 4 nitrogen and oxygen atoms in total. The number of hydrogen-bond donors (Lipinski definition) is 2. The van der Waals surface area contributed by atoms with Gasteiger partial charge in [0.25, 0.3) is 0 Å². The molecule has 1 unspecified atom stereocenters. The fourth-order valence-corrected chi connectivity index (χ4v) is 1.93. The van der Waals surface area contributed by atoms with E-state index >= 15 is 0 Å². The highest BCUT2D eigenvalue weighted by Gasteiger charge is 2.30. The molecule has 1 aromatic rings. The number of fused-ring (bicyclic) bond motifs is 1. The van der Waals surface area contributed by atoms with Crippen LogP contribution in [0.4, 0.5) is 4.79 Å². The number of rotatable bonds is 1. The van der Waals surface area contributed by atoms with Gasteiger partial charge in [-0.15, -0.1) is 0 Å². The Bertz CT molecular complexity index is 379. The number of benzene rings is 1. The topological polar surface area (TPSA) is 64.3 Å². The van der Waals surface area contributed by atoms with Gasteiger partial charge >= 0.3 is 6.09 Å². The number of nitrogens with one attached hydrogen (secondary N) is 1. The number of carbonyl (C=O) groups is 1. The van der Waals surface area contributed by atoms with Gasteiger partial charge in [0, 0.05) is 19.5 Å². The lowest BCUT2D eigenvalue weighted by atomic mass is 10.1. The standard InChI is InChI=1S/C11H14N2O2/c1-13-11(14)15-10-6-9(12)7-4-2-3-5-8(7)10/h2-5,9-10H,6,12H2,1H3,(H,13,14)/t9-,10?/m1/s1. The molecule has 80 valence electrons. The molecule has 0 bridgehead atoms. The van der Waals surface area contributed by atoms with Gasteiger partial charge in [-0.1, -0.05) is 24.3 Å². The molecule has 0 radical (unpaired) electrons. The van der Waals surface area contributed by atoms with Crippen molar-refractivity contribution < 1.29 is 9.53 Å². The van der Waals surface area contributed by atoms with Crippen molar-refractivity contribution in [2.24, 2.45) is 5.73 Å². The van der Waals surface area contributed by atoms with Crippen LogP contribution in [0.1, 0.15) is 29.7 Å². The Kier molecular flexibility index (Phi) is 2.60. The summed E-state index contributed by atoms with van der Waals surface area (Å²) in [5.41, 5.74) is 8.04. The molecule has 4 heteroatoms. The largest absolute Gasteiger partial charge is 0.441 e. The molecule has 0 saturated heterocycles. The molecule has 15 heavy (non-hydrogen) atoms. The lowest BCUT2D eigenvalue weighted by molar-refractivity contribution is 0.0975. The van der Waals surface area contributed by atoms with E-state index in [9.17, 15) is 4.79 Å². The molecule has 0 aromatic heterocycles. The molecule has 3 N–H and O–H groups in total.